The first-order chi connectivity index (χ1) is 34.2. The number of benzene rings is 4. The lowest BCUT2D eigenvalue weighted by Gasteiger charge is -2.18. The van der Waals surface area contributed by atoms with E-state index in [0.717, 1.165) is 54.7 Å². The van der Waals surface area contributed by atoms with Crippen molar-refractivity contribution in [3.8, 4) is 11.5 Å². The maximum absolute atomic E-state index is 13.5. The zero-order valence-electron chi connectivity index (χ0n) is 43.0. The van der Waals surface area contributed by atoms with Gasteiger partial charge in [-0.25, -0.2) is 28.3 Å². The second-order valence-corrected chi connectivity index (χ2v) is 17.9. The van der Waals surface area contributed by atoms with Crippen LogP contribution in [0, 0.1) is 25.7 Å². The van der Waals surface area contributed by atoms with Gasteiger partial charge in [-0.2, -0.15) is 9.97 Å². The number of carbonyl (C=O) groups excluding carboxylic acids is 2. The molecule has 2 heterocycles. The van der Waals surface area contributed by atoms with Crippen molar-refractivity contribution in [2.45, 2.75) is 107 Å². The Kier molecular flexibility index (Phi) is 19.2. The van der Waals surface area contributed by atoms with E-state index < -0.39 is 46.5 Å². The highest BCUT2D eigenvalue weighted by Crippen LogP contribution is 2.28. The second kappa shape index (κ2) is 25.2. The molecule has 6 aromatic rings. The highest BCUT2D eigenvalue weighted by molar-refractivity contribution is 5.72. The van der Waals surface area contributed by atoms with Gasteiger partial charge in [-0.3, -0.25) is 18.7 Å². The van der Waals surface area contributed by atoms with E-state index in [1.54, 1.807) is 38.1 Å². The molecule has 0 amide bonds. The van der Waals surface area contributed by atoms with Gasteiger partial charge in [-0.1, -0.05) is 93.1 Å². The van der Waals surface area contributed by atoms with Crippen LogP contribution in [-0.4, -0.2) is 66.6 Å². The Hall–Kier alpha value is -8.02. The fourth-order valence-corrected chi connectivity index (χ4v) is 7.41. The molecule has 0 spiro atoms. The zero-order chi connectivity index (χ0) is 52.8. The smallest absolute Gasteiger partial charge is 0.354 e. The SMILES string of the molecule is C=Cc1cc(Nc2nc(=O)n(C[C@H](C)C(=O)OC)c(=O)n2Cc2ccc(C)cc2)ccc1OC(C)C.CCc1cc(Nc2nc(=O)n(C[C@H](C)C(=O)OC)c(=O)n2Cc2ccc(C)cc2)ccc1OC(C)C. The Bertz CT molecular complexity index is 3100. The Balaban J connectivity index is 0.000000267. The number of ether oxygens (including phenoxy) is 4. The summed E-state index contributed by atoms with van der Waals surface area (Å²) in [6.07, 6.45) is 2.44. The molecule has 2 N–H and O–H groups in total. The van der Waals surface area contributed by atoms with E-state index in [0.29, 0.717) is 17.1 Å². The fourth-order valence-electron chi connectivity index (χ4n) is 7.41. The lowest BCUT2D eigenvalue weighted by molar-refractivity contribution is -0.146. The summed E-state index contributed by atoms with van der Waals surface area (Å²) in [5, 5.41) is 6.25. The quantitative estimate of drug-likeness (QED) is 0.0715. The molecule has 0 saturated heterocycles. The van der Waals surface area contributed by atoms with E-state index in [1.165, 1.54) is 23.4 Å². The molecule has 0 aliphatic carbocycles. The van der Waals surface area contributed by atoms with Gasteiger partial charge in [-0.15, -0.1) is 0 Å². The predicted molar refractivity (Wildman–Crippen MR) is 279 cm³/mol. The topological polar surface area (TPSA) is 209 Å². The minimum Gasteiger partial charge on any atom is -0.491 e. The Morgan fingerprint density at radius 1 is 0.597 bits per heavy atom. The summed E-state index contributed by atoms with van der Waals surface area (Å²) in [4.78, 5) is 84.9. The van der Waals surface area contributed by atoms with Gasteiger partial charge in [0.2, 0.25) is 11.9 Å². The standard InChI is InChI=1S/C27H34N4O5.C27H32N4O5/c2*1-7-21-14-22(12-13-23(21)36-17(2)3)28-25-29-26(33)31(15-19(5)24(32)35-6)27(34)30(25)16-20-10-8-18(4)9-11-20/h8-14,17,19H,7,15-16H2,1-6H3,(H,28,29,33);7-14,17,19H,1,15-16H2,2-6H3,(H,28,29,33)/t2*19-/m00/s1. The summed E-state index contributed by atoms with van der Waals surface area (Å²) in [5.41, 5.74) is 4.26. The van der Waals surface area contributed by atoms with Gasteiger partial charge in [0.25, 0.3) is 0 Å². The third kappa shape index (κ3) is 14.5. The molecule has 72 heavy (non-hydrogen) atoms. The van der Waals surface area contributed by atoms with Crippen molar-refractivity contribution in [3.63, 3.8) is 0 Å². The van der Waals surface area contributed by atoms with Gasteiger partial charge in [0.1, 0.15) is 11.5 Å². The van der Waals surface area contributed by atoms with Crippen LogP contribution in [-0.2, 0) is 51.7 Å². The van der Waals surface area contributed by atoms with E-state index in [4.69, 9.17) is 18.9 Å². The number of aryl methyl sites for hydroxylation is 3. The van der Waals surface area contributed by atoms with E-state index in [1.807, 2.05) is 115 Å². The van der Waals surface area contributed by atoms with Crippen molar-refractivity contribution < 1.29 is 28.5 Å². The fraction of sp³-hybridized carbons (Fsp3) is 0.370. The van der Waals surface area contributed by atoms with Crippen molar-refractivity contribution in [1.29, 1.82) is 0 Å². The van der Waals surface area contributed by atoms with Crippen molar-refractivity contribution in [2.75, 3.05) is 24.9 Å². The summed E-state index contributed by atoms with van der Waals surface area (Å²) in [6.45, 7) is 20.9. The van der Waals surface area contributed by atoms with Crippen molar-refractivity contribution in [3.05, 3.63) is 167 Å². The largest absolute Gasteiger partial charge is 0.491 e. The average molecular weight is 987 g/mol. The zero-order valence-corrected chi connectivity index (χ0v) is 43.0. The van der Waals surface area contributed by atoms with Gasteiger partial charge in [0.15, 0.2) is 0 Å². The lowest BCUT2D eigenvalue weighted by atomic mass is 10.1. The summed E-state index contributed by atoms with van der Waals surface area (Å²) >= 11 is 0. The number of aromatic nitrogens is 6. The third-order valence-corrected chi connectivity index (χ3v) is 11.3. The van der Waals surface area contributed by atoms with Crippen LogP contribution in [0.1, 0.15) is 81.8 Å². The predicted octanol–water partition coefficient (Wildman–Crippen LogP) is 7.41. The van der Waals surface area contributed by atoms with Gasteiger partial charge in [-0.05, 0) is 101 Å². The molecule has 2 atom stereocenters. The van der Waals surface area contributed by atoms with Crippen LogP contribution in [0.5, 0.6) is 11.5 Å². The van der Waals surface area contributed by atoms with E-state index in [9.17, 15) is 28.8 Å². The monoisotopic (exact) mass is 986 g/mol. The first-order valence-electron chi connectivity index (χ1n) is 23.7. The maximum atomic E-state index is 13.5. The molecule has 0 bridgehead atoms. The molecule has 0 unspecified atom stereocenters. The van der Waals surface area contributed by atoms with Crippen molar-refractivity contribution in [2.24, 2.45) is 11.8 Å². The minimum atomic E-state index is -0.762. The minimum absolute atomic E-state index is 0.0103. The van der Waals surface area contributed by atoms with Crippen LogP contribution < -0.4 is 42.9 Å². The number of methoxy groups -OCH3 is 2. The molecule has 0 aliphatic heterocycles. The van der Waals surface area contributed by atoms with Crippen molar-refractivity contribution >= 4 is 41.3 Å². The molecule has 18 nitrogen and oxygen atoms in total. The van der Waals surface area contributed by atoms with E-state index in [-0.39, 0.29) is 50.3 Å². The van der Waals surface area contributed by atoms with Crippen LogP contribution in [0.15, 0.2) is 111 Å². The van der Waals surface area contributed by atoms with Crippen LogP contribution in [0.4, 0.5) is 23.3 Å². The van der Waals surface area contributed by atoms with E-state index in [2.05, 4.69) is 27.2 Å². The molecule has 4 aromatic carbocycles. The van der Waals surface area contributed by atoms with Gasteiger partial charge >= 0.3 is 34.7 Å². The second-order valence-electron chi connectivity index (χ2n) is 17.9. The molecule has 18 heteroatoms. The maximum Gasteiger partial charge on any atom is 0.354 e. The van der Waals surface area contributed by atoms with Gasteiger partial charge < -0.3 is 29.6 Å². The first-order valence-corrected chi connectivity index (χ1v) is 23.7. The highest BCUT2D eigenvalue weighted by atomic mass is 16.5. The molecule has 0 aliphatic rings. The Labute approximate surface area is 418 Å². The molecular weight excluding hydrogens is 921 g/mol. The number of carbonyl (C=O) groups is 2. The number of anilines is 4. The van der Waals surface area contributed by atoms with Crippen LogP contribution in [0.25, 0.3) is 6.08 Å². The number of hydrogen-bond acceptors (Lipinski definition) is 14. The van der Waals surface area contributed by atoms with E-state index >= 15 is 0 Å². The molecule has 0 fully saturated rings. The van der Waals surface area contributed by atoms with Crippen LogP contribution >= 0.6 is 0 Å². The molecule has 0 radical (unpaired) electrons. The Morgan fingerprint density at radius 2 is 1.00 bits per heavy atom. The normalized spacial score (nSPS) is 11.8. The summed E-state index contributed by atoms with van der Waals surface area (Å²) in [5.74, 6) is -0.754. The number of nitrogens with one attached hydrogen (secondary N) is 2. The number of hydrogen-bond donors (Lipinski definition) is 2. The lowest BCUT2D eigenvalue weighted by Crippen LogP contribution is -2.44. The van der Waals surface area contributed by atoms with Crippen molar-refractivity contribution in [1.82, 2.24) is 28.2 Å². The number of nitrogens with zero attached hydrogens (tertiary/aromatic N) is 6. The third-order valence-electron chi connectivity index (χ3n) is 11.3. The van der Waals surface area contributed by atoms with Crippen LogP contribution in [0.2, 0.25) is 0 Å². The Morgan fingerprint density at radius 3 is 1.39 bits per heavy atom. The molecule has 0 saturated carbocycles. The summed E-state index contributed by atoms with van der Waals surface area (Å²) < 4.78 is 25.9. The summed E-state index contributed by atoms with van der Waals surface area (Å²) in [7, 11) is 2.53. The number of rotatable bonds is 20. The van der Waals surface area contributed by atoms with Crippen LogP contribution in [0.3, 0.4) is 0 Å². The molecular formula is C54H66N8O10. The molecule has 382 valence electrons. The molecule has 2 aromatic heterocycles. The summed E-state index contributed by atoms with van der Waals surface area (Å²) in [6, 6.07) is 26.4. The first kappa shape index (κ1) is 54.9. The average Bonchev–Trinajstić information content (AvgIpc) is 3.35. The molecule has 6 rings (SSSR count). The van der Waals surface area contributed by atoms with Gasteiger partial charge in [0, 0.05) is 30.0 Å². The van der Waals surface area contributed by atoms with Gasteiger partial charge in [0.05, 0.1) is 51.4 Å². The number of esters is 2. The highest BCUT2D eigenvalue weighted by Gasteiger charge is 2.22.